The molecule has 2 saturated carbocycles. The number of halogens is 4. The molecule has 4 aromatic carbocycles. The van der Waals surface area contributed by atoms with Crippen LogP contribution in [-0.4, -0.2) is 0 Å². The minimum absolute atomic E-state index is 0.00494. The fourth-order valence-corrected chi connectivity index (χ4v) is 8.45. The van der Waals surface area contributed by atoms with E-state index in [1.165, 1.54) is 49.8 Å². The van der Waals surface area contributed by atoms with Gasteiger partial charge in [0.15, 0.2) is 17.5 Å². The highest BCUT2D eigenvalue weighted by Crippen LogP contribution is 2.43. The molecule has 0 unspecified atom stereocenters. The van der Waals surface area contributed by atoms with Gasteiger partial charge in [-0.3, -0.25) is 0 Å². The van der Waals surface area contributed by atoms with E-state index in [-0.39, 0.29) is 11.1 Å². The Morgan fingerprint density at radius 1 is 0.444 bits per heavy atom. The van der Waals surface area contributed by atoms with Gasteiger partial charge in [-0.25, -0.2) is 17.6 Å². The highest BCUT2D eigenvalue weighted by molar-refractivity contribution is 5.73. The van der Waals surface area contributed by atoms with Gasteiger partial charge in [-0.2, -0.15) is 0 Å². The maximum Gasteiger partial charge on any atom is 0.194 e. The Bertz CT molecular complexity index is 1580. The lowest BCUT2D eigenvalue weighted by Crippen LogP contribution is -2.25. The standard InChI is InChI=1S/C27H20F4.C19H36.2C2H6/c1-2-3-17-4-6-18(7-5-17)19-8-10-20(11-9-19)21-12-13-23(24(28)14-21)22-15-25(29)27(31)26(30)16-22;1-3-5-7-17-10-14-19(15-11-17)18-12-8-16(6-4-2)9-13-18;2*1-2/h4-16H,2-3H2,1H3;16-19H,3-15H2,1-2H3;2*1-2H3. The minimum atomic E-state index is -1.57. The van der Waals surface area contributed by atoms with Gasteiger partial charge in [0.25, 0.3) is 0 Å². The van der Waals surface area contributed by atoms with Crippen molar-refractivity contribution in [1.82, 2.24) is 0 Å². The molecular formula is C50H68F4. The highest BCUT2D eigenvalue weighted by atomic mass is 19.2. The summed E-state index contributed by atoms with van der Waals surface area (Å²) in [6, 6.07) is 22.2. The Morgan fingerprint density at radius 2 is 0.870 bits per heavy atom. The van der Waals surface area contributed by atoms with E-state index in [0.29, 0.717) is 5.56 Å². The Balaban J connectivity index is 0.000000292. The van der Waals surface area contributed by atoms with Crippen molar-refractivity contribution < 1.29 is 17.6 Å². The molecule has 0 nitrogen and oxygen atoms in total. The van der Waals surface area contributed by atoms with Crippen LogP contribution < -0.4 is 0 Å². The van der Waals surface area contributed by atoms with E-state index in [0.717, 1.165) is 65.3 Å². The molecule has 54 heavy (non-hydrogen) atoms. The van der Waals surface area contributed by atoms with Crippen molar-refractivity contribution >= 4 is 0 Å². The van der Waals surface area contributed by atoms with E-state index in [2.05, 4.69) is 45.0 Å². The second kappa shape index (κ2) is 24.2. The van der Waals surface area contributed by atoms with Crippen LogP contribution in [0.15, 0.2) is 78.9 Å². The lowest BCUT2D eigenvalue weighted by atomic mass is 9.68. The molecular weight excluding hydrogens is 677 g/mol. The van der Waals surface area contributed by atoms with Crippen LogP contribution in [0.2, 0.25) is 0 Å². The van der Waals surface area contributed by atoms with Crippen LogP contribution in [0, 0.1) is 46.9 Å². The predicted molar refractivity (Wildman–Crippen MR) is 225 cm³/mol. The Kier molecular flexibility index (Phi) is 20.2. The topological polar surface area (TPSA) is 0 Å². The molecule has 0 saturated heterocycles. The molecule has 0 amide bonds. The fraction of sp³-hybridized carbons (Fsp3) is 0.520. The quantitative estimate of drug-likeness (QED) is 0.106. The van der Waals surface area contributed by atoms with Crippen molar-refractivity contribution in [1.29, 1.82) is 0 Å². The molecule has 0 atom stereocenters. The monoisotopic (exact) mass is 745 g/mol. The van der Waals surface area contributed by atoms with Crippen LogP contribution in [0.1, 0.15) is 144 Å². The molecule has 2 aliphatic carbocycles. The Labute approximate surface area is 326 Å². The maximum atomic E-state index is 14.7. The van der Waals surface area contributed by atoms with Gasteiger partial charge in [-0.1, -0.05) is 173 Å². The summed E-state index contributed by atoms with van der Waals surface area (Å²) in [5.41, 5.74) is 4.86. The van der Waals surface area contributed by atoms with Gasteiger partial charge in [0.2, 0.25) is 0 Å². The van der Waals surface area contributed by atoms with Crippen LogP contribution in [0.5, 0.6) is 0 Å². The summed E-state index contributed by atoms with van der Waals surface area (Å²) in [5.74, 6) is -0.511. The second-order valence-corrected chi connectivity index (χ2v) is 15.0. The first kappa shape index (κ1) is 45.0. The number of benzene rings is 4. The normalized spacial score (nSPS) is 19.3. The van der Waals surface area contributed by atoms with Gasteiger partial charge in [0.05, 0.1) is 0 Å². The zero-order valence-corrected chi connectivity index (χ0v) is 34.4. The van der Waals surface area contributed by atoms with Crippen LogP contribution in [0.3, 0.4) is 0 Å². The molecule has 2 fully saturated rings. The molecule has 6 rings (SSSR count). The average molecular weight is 745 g/mol. The summed E-state index contributed by atoms with van der Waals surface area (Å²) in [7, 11) is 0. The van der Waals surface area contributed by atoms with E-state index in [4.69, 9.17) is 0 Å². The third kappa shape index (κ3) is 13.1. The maximum absolute atomic E-state index is 14.7. The Hall–Kier alpha value is -3.40. The SMILES string of the molecule is CC.CC.CCCCC1CCC(C2CCC(CCC)CC2)CC1.CCCc1ccc(-c2ccc(-c3ccc(-c4cc(F)c(F)c(F)c4)c(F)c3)cc2)cc1. The van der Waals surface area contributed by atoms with E-state index in [1.807, 2.05) is 52.0 Å². The van der Waals surface area contributed by atoms with E-state index < -0.39 is 23.3 Å². The molecule has 0 aromatic heterocycles. The van der Waals surface area contributed by atoms with Gasteiger partial charge in [0, 0.05) is 5.56 Å². The largest absolute Gasteiger partial charge is 0.206 e. The smallest absolute Gasteiger partial charge is 0.194 e. The van der Waals surface area contributed by atoms with Crippen molar-refractivity contribution in [2.75, 3.05) is 0 Å². The lowest BCUT2D eigenvalue weighted by molar-refractivity contribution is 0.140. The van der Waals surface area contributed by atoms with Gasteiger partial charge in [-0.05, 0) is 107 Å². The first-order chi connectivity index (χ1) is 26.3. The summed E-state index contributed by atoms with van der Waals surface area (Å²) in [6.07, 6.45) is 21.9. The number of rotatable bonds is 11. The van der Waals surface area contributed by atoms with E-state index in [9.17, 15) is 17.6 Å². The number of hydrogen-bond donors (Lipinski definition) is 0. The molecule has 2 aliphatic rings. The summed E-state index contributed by atoms with van der Waals surface area (Å²) in [5, 5.41) is 0. The van der Waals surface area contributed by atoms with Crippen molar-refractivity contribution in [2.45, 2.75) is 145 Å². The summed E-state index contributed by atoms with van der Waals surface area (Å²) in [6.45, 7) is 14.8. The second-order valence-electron chi connectivity index (χ2n) is 15.0. The molecule has 296 valence electrons. The Morgan fingerprint density at radius 3 is 1.31 bits per heavy atom. The van der Waals surface area contributed by atoms with Crippen molar-refractivity contribution in [3.63, 3.8) is 0 Å². The van der Waals surface area contributed by atoms with Gasteiger partial charge in [-0.15, -0.1) is 0 Å². The van der Waals surface area contributed by atoms with Crippen LogP contribution in [0.25, 0.3) is 33.4 Å². The zero-order chi connectivity index (χ0) is 39.5. The summed E-state index contributed by atoms with van der Waals surface area (Å²) >= 11 is 0. The summed E-state index contributed by atoms with van der Waals surface area (Å²) < 4.78 is 54.9. The van der Waals surface area contributed by atoms with Crippen molar-refractivity contribution in [2.24, 2.45) is 23.7 Å². The molecule has 0 heterocycles. The van der Waals surface area contributed by atoms with E-state index >= 15 is 0 Å². The highest BCUT2D eigenvalue weighted by Gasteiger charge is 2.30. The number of unbranched alkanes of at least 4 members (excludes halogenated alkanes) is 1. The van der Waals surface area contributed by atoms with Crippen molar-refractivity contribution in [3.8, 4) is 33.4 Å². The lowest BCUT2D eigenvalue weighted by Gasteiger charge is -2.38. The molecule has 0 bridgehead atoms. The van der Waals surface area contributed by atoms with Gasteiger partial charge >= 0.3 is 0 Å². The molecule has 0 N–H and O–H groups in total. The minimum Gasteiger partial charge on any atom is -0.206 e. The first-order valence-corrected chi connectivity index (χ1v) is 21.4. The number of hydrogen-bond acceptors (Lipinski definition) is 0. The fourth-order valence-electron chi connectivity index (χ4n) is 8.45. The van der Waals surface area contributed by atoms with Crippen LogP contribution in [0.4, 0.5) is 17.6 Å². The average Bonchev–Trinajstić information content (AvgIpc) is 3.22. The first-order valence-electron chi connectivity index (χ1n) is 21.4. The van der Waals surface area contributed by atoms with Gasteiger partial charge < -0.3 is 0 Å². The molecule has 4 heteroatoms. The zero-order valence-electron chi connectivity index (χ0n) is 34.4. The molecule has 4 aromatic rings. The number of aryl methyl sites for hydroxylation is 1. The van der Waals surface area contributed by atoms with Crippen molar-refractivity contribution in [3.05, 3.63) is 108 Å². The third-order valence-corrected chi connectivity index (χ3v) is 11.4. The summed E-state index contributed by atoms with van der Waals surface area (Å²) in [4.78, 5) is 0. The molecule has 0 aliphatic heterocycles. The molecule has 0 radical (unpaired) electrons. The van der Waals surface area contributed by atoms with E-state index in [1.54, 1.807) is 57.4 Å². The van der Waals surface area contributed by atoms with Crippen LogP contribution in [-0.2, 0) is 6.42 Å². The predicted octanol–water partition coefficient (Wildman–Crippen LogP) is 16.8. The molecule has 0 spiro atoms. The third-order valence-electron chi connectivity index (χ3n) is 11.4. The van der Waals surface area contributed by atoms with Crippen LogP contribution >= 0.6 is 0 Å². The van der Waals surface area contributed by atoms with Gasteiger partial charge in [0.1, 0.15) is 5.82 Å².